The zero-order chi connectivity index (χ0) is 22.2. The van der Waals surface area contributed by atoms with Gasteiger partial charge in [-0.3, -0.25) is 9.78 Å². The number of aryl methyl sites for hydroxylation is 1. The van der Waals surface area contributed by atoms with Crippen LogP contribution in [0.2, 0.25) is 0 Å². The molecule has 9 heteroatoms. The third kappa shape index (κ3) is 4.11. The van der Waals surface area contributed by atoms with Gasteiger partial charge in [0, 0.05) is 37.6 Å². The number of benzene rings is 2. The van der Waals surface area contributed by atoms with Crippen LogP contribution < -0.4 is 4.74 Å². The number of halogens is 1. The number of hydrogen-bond donors (Lipinski definition) is 0. The summed E-state index contributed by atoms with van der Waals surface area (Å²) in [5, 5.41) is 0.826. The number of nitrogens with zero attached hydrogens (tertiary/aromatic N) is 3. The zero-order valence-electron chi connectivity index (χ0n) is 17.2. The van der Waals surface area contributed by atoms with Crippen molar-refractivity contribution in [2.45, 2.75) is 11.8 Å². The molecule has 0 N–H and O–H groups in total. The number of sulfonamides is 1. The van der Waals surface area contributed by atoms with Crippen molar-refractivity contribution in [1.82, 2.24) is 14.2 Å². The largest absolute Gasteiger partial charge is 0.497 e. The van der Waals surface area contributed by atoms with Crippen molar-refractivity contribution in [3.8, 4) is 5.75 Å². The van der Waals surface area contributed by atoms with Crippen LogP contribution in [0, 0.1) is 12.7 Å². The number of pyridine rings is 1. The van der Waals surface area contributed by atoms with Crippen molar-refractivity contribution in [3.63, 3.8) is 0 Å². The van der Waals surface area contributed by atoms with Crippen LogP contribution in [0.25, 0.3) is 10.9 Å². The van der Waals surface area contributed by atoms with E-state index >= 15 is 0 Å². The number of hydrogen-bond acceptors (Lipinski definition) is 5. The van der Waals surface area contributed by atoms with Crippen LogP contribution in [0.15, 0.2) is 53.4 Å². The van der Waals surface area contributed by atoms with E-state index in [1.54, 1.807) is 25.0 Å². The summed E-state index contributed by atoms with van der Waals surface area (Å²) in [5.74, 6) is 0.0192. The van der Waals surface area contributed by atoms with Gasteiger partial charge in [-0.1, -0.05) is 0 Å². The first kappa shape index (κ1) is 21.2. The normalized spacial score (nSPS) is 15.3. The van der Waals surface area contributed by atoms with Crippen LogP contribution in [0.4, 0.5) is 4.39 Å². The molecular weight excluding hydrogens is 421 g/mol. The average Bonchev–Trinajstić information content (AvgIpc) is 2.78. The SMILES string of the molecule is COc1ccc2cc(C(=O)N3CCN(S(=O)(=O)c4ccc(F)cc4)CC3)c(C)nc2c1. The fraction of sp³-hybridized carbons (Fsp3) is 0.273. The molecule has 0 bridgehead atoms. The molecule has 0 saturated carbocycles. The molecule has 162 valence electrons. The summed E-state index contributed by atoms with van der Waals surface area (Å²) >= 11 is 0. The predicted molar refractivity (Wildman–Crippen MR) is 114 cm³/mol. The monoisotopic (exact) mass is 443 g/mol. The van der Waals surface area contributed by atoms with Crippen molar-refractivity contribution in [3.05, 3.63) is 65.6 Å². The molecule has 1 fully saturated rings. The van der Waals surface area contributed by atoms with E-state index in [1.807, 2.05) is 18.2 Å². The van der Waals surface area contributed by atoms with Gasteiger partial charge >= 0.3 is 0 Å². The highest BCUT2D eigenvalue weighted by atomic mass is 32.2. The highest BCUT2D eigenvalue weighted by Crippen LogP contribution is 2.24. The first-order valence-corrected chi connectivity index (χ1v) is 11.2. The molecule has 1 amide bonds. The Hall–Kier alpha value is -3.04. The molecule has 0 aliphatic carbocycles. The molecule has 0 radical (unpaired) electrons. The summed E-state index contributed by atoms with van der Waals surface area (Å²) in [6.45, 7) is 2.64. The first-order chi connectivity index (χ1) is 14.8. The lowest BCUT2D eigenvalue weighted by Gasteiger charge is -2.34. The maximum absolute atomic E-state index is 13.1. The number of fused-ring (bicyclic) bond motifs is 1. The third-order valence-electron chi connectivity index (χ3n) is 5.42. The molecule has 0 atom stereocenters. The Bertz CT molecular complexity index is 1240. The molecule has 2 aromatic carbocycles. The summed E-state index contributed by atoms with van der Waals surface area (Å²) in [4.78, 5) is 19.3. The summed E-state index contributed by atoms with van der Waals surface area (Å²) in [6.07, 6.45) is 0. The minimum Gasteiger partial charge on any atom is -0.497 e. The van der Waals surface area contributed by atoms with Gasteiger partial charge in [0.05, 0.1) is 28.8 Å². The lowest BCUT2D eigenvalue weighted by atomic mass is 10.1. The summed E-state index contributed by atoms with van der Waals surface area (Å²) in [5.41, 5.74) is 1.84. The van der Waals surface area contributed by atoms with Crippen molar-refractivity contribution >= 4 is 26.8 Å². The van der Waals surface area contributed by atoms with Crippen LogP contribution in [-0.2, 0) is 10.0 Å². The lowest BCUT2D eigenvalue weighted by molar-refractivity contribution is 0.0697. The Morgan fingerprint density at radius 2 is 1.71 bits per heavy atom. The Morgan fingerprint density at radius 1 is 1.03 bits per heavy atom. The molecule has 3 aromatic rings. The van der Waals surface area contributed by atoms with Gasteiger partial charge in [0.25, 0.3) is 5.91 Å². The highest BCUT2D eigenvalue weighted by Gasteiger charge is 2.31. The van der Waals surface area contributed by atoms with Crippen LogP contribution >= 0.6 is 0 Å². The lowest BCUT2D eigenvalue weighted by Crippen LogP contribution is -2.50. The fourth-order valence-corrected chi connectivity index (χ4v) is 5.07. The smallest absolute Gasteiger partial charge is 0.255 e. The van der Waals surface area contributed by atoms with Gasteiger partial charge in [0.15, 0.2) is 0 Å². The molecule has 0 unspecified atom stereocenters. The Balaban J connectivity index is 1.50. The van der Waals surface area contributed by atoms with Crippen molar-refractivity contribution in [2.75, 3.05) is 33.3 Å². The van der Waals surface area contributed by atoms with E-state index < -0.39 is 15.8 Å². The van der Waals surface area contributed by atoms with E-state index in [0.29, 0.717) is 17.0 Å². The minimum absolute atomic E-state index is 0.0404. The fourth-order valence-electron chi connectivity index (χ4n) is 3.64. The number of ether oxygens (including phenoxy) is 1. The quantitative estimate of drug-likeness (QED) is 0.620. The minimum atomic E-state index is -3.73. The van der Waals surface area contributed by atoms with Gasteiger partial charge in [-0.2, -0.15) is 4.31 Å². The molecule has 2 heterocycles. The van der Waals surface area contributed by atoms with E-state index in [0.717, 1.165) is 23.0 Å². The summed E-state index contributed by atoms with van der Waals surface area (Å²) < 4.78 is 45.2. The number of aromatic nitrogens is 1. The Labute approximate surface area is 180 Å². The van der Waals surface area contributed by atoms with E-state index in [4.69, 9.17) is 4.74 Å². The maximum Gasteiger partial charge on any atom is 0.255 e. The van der Waals surface area contributed by atoms with Crippen molar-refractivity contribution in [1.29, 1.82) is 0 Å². The van der Waals surface area contributed by atoms with Crippen LogP contribution in [-0.4, -0.2) is 61.8 Å². The van der Waals surface area contributed by atoms with Gasteiger partial charge in [-0.05, 0) is 49.4 Å². The van der Waals surface area contributed by atoms with Gasteiger partial charge in [0.2, 0.25) is 10.0 Å². The van der Waals surface area contributed by atoms with Crippen molar-refractivity contribution < 1.29 is 22.3 Å². The third-order valence-corrected chi connectivity index (χ3v) is 7.34. The maximum atomic E-state index is 13.1. The predicted octanol–water partition coefficient (Wildman–Crippen LogP) is 2.84. The Kier molecular flexibility index (Phi) is 5.63. The number of methoxy groups -OCH3 is 1. The molecule has 1 aromatic heterocycles. The van der Waals surface area contributed by atoms with Crippen LogP contribution in [0.1, 0.15) is 16.1 Å². The summed E-state index contributed by atoms with van der Waals surface area (Å²) in [6, 6.07) is 12.0. The van der Waals surface area contributed by atoms with E-state index in [-0.39, 0.29) is 37.0 Å². The summed E-state index contributed by atoms with van der Waals surface area (Å²) in [7, 11) is -2.15. The zero-order valence-corrected chi connectivity index (χ0v) is 18.0. The van der Waals surface area contributed by atoms with Gasteiger partial charge in [-0.25, -0.2) is 12.8 Å². The molecule has 0 spiro atoms. The molecule has 1 aliphatic heterocycles. The molecule has 31 heavy (non-hydrogen) atoms. The van der Waals surface area contributed by atoms with E-state index in [2.05, 4.69) is 4.98 Å². The number of carbonyl (C=O) groups is 1. The molecule has 7 nitrogen and oxygen atoms in total. The number of piperazine rings is 1. The van der Waals surface area contributed by atoms with E-state index in [9.17, 15) is 17.6 Å². The average molecular weight is 444 g/mol. The second-order valence-electron chi connectivity index (χ2n) is 7.33. The molecule has 1 saturated heterocycles. The number of carbonyl (C=O) groups excluding carboxylic acids is 1. The number of amides is 1. The molecule has 1 aliphatic rings. The van der Waals surface area contributed by atoms with E-state index in [1.165, 1.54) is 16.4 Å². The second kappa shape index (κ2) is 8.24. The van der Waals surface area contributed by atoms with Crippen LogP contribution in [0.5, 0.6) is 5.75 Å². The second-order valence-corrected chi connectivity index (χ2v) is 9.27. The first-order valence-electron chi connectivity index (χ1n) is 9.80. The topological polar surface area (TPSA) is 79.8 Å². The van der Waals surface area contributed by atoms with Crippen molar-refractivity contribution in [2.24, 2.45) is 0 Å². The highest BCUT2D eigenvalue weighted by molar-refractivity contribution is 7.89. The Morgan fingerprint density at radius 3 is 2.35 bits per heavy atom. The molecule has 4 rings (SSSR count). The standard InChI is InChI=1S/C22H22FN3O4S/c1-15-20(13-16-3-6-18(30-2)14-21(16)24-15)22(27)25-9-11-26(12-10-25)31(28,29)19-7-4-17(23)5-8-19/h3-8,13-14H,9-12H2,1-2H3. The molecular formula is C22H22FN3O4S. The number of rotatable bonds is 4. The van der Waals surface area contributed by atoms with Crippen LogP contribution in [0.3, 0.4) is 0 Å². The van der Waals surface area contributed by atoms with Gasteiger partial charge in [0.1, 0.15) is 11.6 Å². The van der Waals surface area contributed by atoms with Gasteiger partial charge < -0.3 is 9.64 Å². The van der Waals surface area contributed by atoms with Gasteiger partial charge in [-0.15, -0.1) is 0 Å².